The Morgan fingerprint density at radius 1 is 1.37 bits per heavy atom. The molecule has 0 aliphatic rings. The third-order valence-corrected chi connectivity index (χ3v) is 3.80. The number of hydrogen-bond acceptors (Lipinski definition) is 4. The van der Waals surface area contributed by atoms with Crippen LogP contribution in [0, 0.1) is 5.82 Å². The van der Waals surface area contributed by atoms with E-state index in [1.54, 1.807) is 36.8 Å². The van der Waals surface area contributed by atoms with Gasteiger partial charge in [-0.1, -0.05) is 0 Å². The summed E-state index contributed by atoms with van der Waals surface area (Å²) in [6, 6.07) is 6.00. The number of aromatic nitrogens is 1. The van der Waals surface area contributed by atoms with Gasteiger partial charge < -0.3 is 0 Å². The van der Waals surface area contributed by atoms with E-state index in [9.17, 15) is 9.18 Å². The molecule has 1 aromatic carbocycles. The fraction of sp³-hybridized carbons (Fsp3) is 0.231. The molecule has 100 valence electrons. The van der Waals surface area contributed by atoms with Crippen LogP contribution in [0.3, 0.4) is 0 Å². The zero-order valence-electron chi connectivity index (χ0n) is 10.5. The van der Waals surface area contributed by atoms with Gasteiger partial charge in [0, 0.05) is 10.9 Å². The molecule has 0 saturated heterocycles. The molecule has 1 heterocycles. The second-order valence-electron chi connectivity index (χ2n) is 4.61. The Kier molecular flexibility index (Phi) is 3.64. The van der Waals surface area contributed by atoms with E-state index in [2.05, 4.69) is 4.98 Å². The molecule has 1 aromatic heterocycles. The zero-order chi connectivity index (χ0) is 14.0. The first-order valence-corrected chi connectivity index (χ1v) is 6.49. The van der Waals surface area contributed by atoms with Crippen LogP contribution < -0.4 is 5.48 Å². The number of rotatable bonds is 3. The van der Waals surface area contributed by atoms with Crippen LogP contribution >= 0.6 is 11.3 Å². The van der Waals surface area contributed by atoms with Crippen molar-refractivity contribution in [3.63, 3.8) is 0 Å². The molecule has 0 saturated carbocycles. The van der Waals surface area contributed by atoms with E-state index in [1.165, 1.54) is 23.5 Å². The Labute approximate surface area is 113 Å². The lowest BCUT2D eigenvalue weighted by Crippen LogP contribution is -2.38. The second-order valence-corrected chi connectivity index (χ2v) is 5.47. The summed E-state index contributed by atoms with van der Waals surface area (Å²) in [4.78, 5) is 16.0. The summed E-state index contributed by atoms with van der Waals surface area (Å²) >= 11 is 1.37. The SMILES string of the molecule is CC(C)(C(=O)NO)c1csc(-c2ccc(F)cc2)n1. The van der Waals surface area contributed by atoms with Crippen LogP contribution in [0.5, 0.6) is 0 Å². The molecule has 1 amide bonds. The van der Waals surface area contributed by atoms with Crippen molar-refractivity contribution >= 4 is 17.2 Å². The lowest BCUT2D eigenvalue weighted by atomic mass is 9.89. The van der Waals surface area contributed by atoms with Gasteiger partial charge in [0.2, 0.25) is 0 Å². The van der Waals surface area contributed by atoms with Gasteiger partial charge in [-0.25, -0.2) is 14.9 Å². The van der Waals surface area contributed by atoms with Gasteiger partial charge in [0.25, 0.3) is 5.91 Å². The van der Waals surface area contributed by atoms with Crippen LogP contribution in [0.25, 0.3) is 10.6 Å². The Bertz CT molecular complexity index is 593. The highest BCUT2D eigenvalue weighted by atomic mass is 32.1. The fourth-order valence-electron chi connectivity index (χ4n) is 1.54. The van der Waals surface area contributed by atoms with Gasteiger partial charge in [-0.3, -0.25) is 10.0 Å². The van der Waals surface area contributed by atoms with E-state index in [0.29, 0.717) is 10.7 Å². The van der Waals surface area contributed by atoms with Crippen molar-refractivity contribution in [1.82, 2.24) is 10.5 Å². The average molecular weight is 280 g/mol. The highest BCUT2D eigenvalue weighted by molar-refractivity contribution is 7.13. The summed E-state index contributed by atoms with van der Waals surface area (Å²) in [5.41, 5.74) is 2.06. The highest BCUT2D eigenvalue weighted by Gasteiger charge is 2.32. The molecule has 2 rings (SSSR count). The molecule has 19 heavy (non-hydrogen) atoms. The van der Waals surface area contributed by atoms with Crippen LogP contribution in [0.2, 0.25) is 0 Å². The molecule has 0 spiro atoms. The minimum absolute atomic E-state index is 0.305. The number of nitrogens with zero attached hydrogens (tertiary/aromatic N) is 1. The van der Waals surface area contributed by atoms with Crippen LogP contribution in [-0.4, -0.2) is 16.1 Å². The van der Waals surface area contributed by atoms with Crippen LogP contribution in [0.15, 0.2) is 29.6 Å². The number of hydroxylamine groups is 1. The maximum atomic E-state index is 12.9. The number of carbonyl (C=O) groups is 1. The molecule has 2 aromatic rings. The Balaban J connectivity index is 2.34. The summed E-state index contributed by atoms with van der Waals surface area (Å²) < 4.78 is 12.9. The van der Waals surface area contributed by atoms with Gasteiger partial charge in [-0.05, 0) is 38.1 Å². The van der Waals surface area contributed by atoms with E-state index >= 15 is 0 Å². The third-order valence-electron chi connectivity index (χ3n) is 2.90. The molecule has 0 unspecified atom stereocenters. The standard InChI is InChI=1S/C13H13FN2O2S/c1-13(2,12(17)16-18)10-7-19-11(15-10)8-3-5-9(14)6-4-8/h3-7,18H,1-2H3,(H,16,17). The number of hydrogen-bond donors (Lipinski definition) is 2. The fourth-order valence-corrected chi connectivity index (χ4v) is 2.54. The molecule has 0 bridgehead atoms. The van der Waals surface area contributed by atoms with Gasteiger partial charge >= 0.3 is 0 Å². The lowest BCUT2D eigenvalue weighted by Gasteiger charge is -2.18. The number of benzene rings is 1. The average Bonchev–Trinajstić information content (AvgIpc) is 2.88. The molecule has 6 heteroatoms. The number of nitrogens with one attached hydrogen (secondary N) is 1. The van der Waals surface area contributed by atoms with Crippen molar-refractivity contribution in [2.75, 3.05) is 0 Å². The molecule has 0 radical (unpaired) electrons. The molecule has 0 fully saturated rings. The summed E-state index contributed by atoms with van der Waals surface area (Å²) in [6.45, 7) is 3.34. The topological polar surface area (TPSA) is 62.2 Å². The van der Waals surface area contributed by atoms with E-state index in [1.807, 2.05) is 0 Å². The van der Waals surface area contributed by atoms with Gasteiger partial charge in [-0.2, -0.15) is 0 Å². The summed E-state index contributed by atoms with van der Waals surface area (Å²) in [6.07, 6.45) is 0. The van der Waals surface area contributed by atoms with Crippen LogP contribution in [0.1, 0.15) is 19.5 Å². The van der Waals surface area contributed by atoms with Crippen molar-refractivity contribution in [1.29, 1.82) is 0 Å². The minimum atomic E-state index is -0.927. The maximum absolute atomic E-state index is 12.9. The van der Waals surface area contributed by atoms with Crippen molar-refractivity contribution in [3.8, 4) is 10.6 Å². The smallest absolute Gasteiger partial charge is 0.255 e. The molecular weight excluding hydrogens is 267 g/mol. The van der Waals surface area contributed by atoms with E-state index in [4.69, 9.17) is 5.21 Å². The minimum Gasteiger partial charge on any atom is -0.289 e. The summed E-state index contributed by atoms with van der Waals surface area (Å²) in [5, 5.41) is 11.2. The maximum Gasteiger partial charge on any atom is 0.255 e. The molecule has 4 nitrogen and oxygen atoms in total. The van der Waals surface area contributed by atoms with Gasteiger partial charge in [0.1, 0.15) is 10.8 Å². The monoisotopic (exact) mass is 280 g/mol. The van der Waals surface area contributed by atoms with Crippen molar-refractivity contribution in [2.24, 2.45) is 0 Å². The largest absolute Gasteiger partial charge is 0.289 e. The molecular formula is C13H13FN2O2S. The molecule has 0 aliphatic carbocycles. The van der Waals surface area contributed by atoms with Crippen molar-refractivity contribution < 1.29 is 14.4 Å². The first kappa shape index (κ1) is 13.6. The van der Waals surface area contributed by atoms with Gasteiger partial charge in [0.05, 0.1) is 11.1 Å². The molecule has 0 aliphatic heterocycles. The Morgan fingerprint density at radius 2 is 2.00 bits per heavy atom. The zero-order valence-corrected chi connectivity index (χ0v) is 11.3. The van der Waals surface area contributed by atoms with Crippen molar-refractivity contribution in [2.45, 2.75) is 19.3 Å². The van der Waals surface area contributed by atoms with E-state index in [-0.39, 0.29) is 5.82 Å². The van der Waals surface area contributed by atoms with Crippen LogP contribution in [-0.2, 0) is 10.2 Å². The Morgan fingerprint density at radius 3 is 2.58 bits per heavy atom. The number of halogens is 1. The summed E-state index contributed by atoms with van der Waals surface area (Å²) in [7, 11) is 0. The molecule has 2 N–H and O–H groups in total. The lowest BCUT2D eigenvalue weighted by molar-refractivity contribution is -0.134. The van der Waals surface area contributed by atoms with Gasteiger partial charge in [0.15, 0.2) is 0 Å². The quantitative estimate of drug-likeness (QED) is 0.671. The number of thiazole rings is 1. The number of amides is 1. The van der Waals surface area contributed by atoms with E-state index < -0.39 is 11.3 Å². The normalized spacial score (nSPS) is 11.4. The first-order chi connectivity index (χ1) is 8.95. The van der Waals surface area contributed by atoms with Gasteiger partial charge in [-0.15, -0.1) is 11.3 Å². The Hall–Kier alpha value is -1.79. The predicted molar refractivity (Wildman–Crippen MR) is 70.5 cm³/mol. The second kappa shape index (κ2) is 5.07. The number of carbonyl (C=O) groups excluding carboxylic acids is 1. The third kappa shape index (κ3) is 2.64. The molecule has 0 atom stereocenters. The van der Waals surface area contributed by atoms with Crippen molar-refractivity contribution in [3.05, 3.63) is 41.2 Å². The van der Waals surface area contributed by atoms with E-state index in [0.717, 1.165) is 5.56 Å². The first-order valence-electron chi connectivity index (χ1n) is 5.61. The summed E-state index contributed by atoms with van der Waals surface area (Å²) in [5.74, 6) is -0.830. The van der Waals surface area contributed by atoms with Crippen LogP contribution in [0.4, 0.5) is 4.39 Å². The predicted octanol–water partition coefficient (Wildman–Crippen LogP) is 2.73. The highest BCUT2D eigenvalue weighted by Crippen LogP contribution is 2.30.